The van der Waals surface area contributed by atoms with E-state index < -0.39 is 0 Å². The number of methoxy groups -OCH3 is 2. The monoisotopic (exact) mass is 445 g/mol. The molecule has 168 valence electrons. The van der Waals surface area contributed by atoms with E-state index in [4.69, 9.17) is 19.3 Å². The Hall–Kier alpha value is -2.52. The third kappa shape index (κ3) is 4.04. The number of anilines is 2. The fourth-order valence-electron chi connectivity index (χ4n) is 4.11. The van der Waals surface area contributed by atoms with Crippen LogP contribution in [0.1, 0.15) is 26.2 Å². The average molecular weight is 446 g/mol. The number of fused-ring (bicyclic) bond motifs is 1. The van der Waals surface area contributed by atoms with Crippen molar-refractivity contribution in [2.45, 2.75) is 32.2 Å². The highest BCUT2D eigenvalue weighted by Crippen LogP contribution is 2.42. The molecule has 0 saturated carbocycles. The van der Waals surface area contributed by atoms with E-state index in [1.54, 1.807) is 25.6 Å². The van der Waals surface area contributed by atoms with Crippen LogP contribution >= 0.6 is 11.3 Å². The van der Waals surface area contributed by atoms with Gasteiger partial charge in [0.2, 0.25) is 0 Å². The van der Waals surface area contributed by atoms with E-state index in [0.29, 0.717) is 11.9 Å². The summed E-state index contributed by atoms with van der Waals surface area (Å²) in [5.41, 5.74) is 2.93. The van der Waals surface area contributed by atoms with Gasteiger partial charge in [-0.2, -0.15) is 0 Å². The molecule has 1 saturated heterocycles. The van der Waals surface area contributed by atoms with Gasteiger partial charge in [-0.3, -0.25) is 0 Å². The molecular formula is C22H31N5O3S. The van der Waals surface area contributed by atoms with Crippen LogP contribution < -0.4 is 19.3 Å². The van der Waals surface area contributed by atoms with E-state index in [9.17, 15) is 0 Å². The van der Waals surface area contributed by atoms with Crippen LogP contribution in [0.25, 0.3) is 16.1 Å². The average Bonchev–Trinajstić information content (AvgIpc) is 3.36. The SMILES string of the molecule is CCCN(c1c(OC)nn2c(-c3cnc(N(C)C)cc3OC)csc12)C1CCOCC1. The van der Waals surface area contributed by atoms with Crippen LogP contribution in [0.3, 0.4) is 0 Å². The molecule has 3 aromatic heterocycles. The van der Waals surface area contributed by atoms with Crippen LogP contribution in [-0.2, 0) is 4.74 Å². The van der Waals surface area contributed by atoms with E-state index in [2.05, 4.69) is 22.2 Å². The Kier molecular flexibility index (Phi) is 6.52. The first-order valence-electron chi connectivity index (χ1n) is 10.7. The molecule has 0 N–H and O–H groups in total. The Labute approximate surface area is 187 Å². The fraction of sp³-hybridized carbons (Fsp3) is 0.545. The molecular weight excluding hydrogens is 414 g/mol. The second-order valence-corrected chi connectivity index (χ2v) is 8.73. The summed E-state index contributed by atoms with van der Waals surface area (Å²) in [5.74, 6) is 2.27. The highest BCUT2D eigenvalue weighted by molar-refractivity contribution is 7.16. The molecule has 4 heterocycles. The van der Waals surface area contributed by atoms with E-state index in [-0.39, 0.29) is 0 Å². The van der Waals surface area contributed by atoms with Crippen LogP contribution in [0.4, 0.5) is 11.5 Å². The Morgan fingerprint density at radius 3 is 2.65 bits per heavy atom. The summed E-state index contributed by atoms with van der Waals surface area (Å²) < 4.78 is 19.0. The Morgan fingerprint density at radius 1 is 1.23 bits per heavy atom. The first-order valence-corrected chi connectivity index (χ1v) is 11.6. The number of thiazole rings is 1. The number of rotatable bonds is 8. The third-order valence-corrected chi connectivity index (χ3v) is 6.61. The predicted molar refractivity (Wildman–Crippen MR) is 125 cm³/mol. The number of hydrogen-bond donors (Lipinski definition) is 0. The van der Waals surface area contributed by atoms with Gasteiger partial charge in [-0.15, -0.1) is 16.4 Å². The third-order valence-electron chi connectivity index (χ3n) is 5.68. The number of pyridine rings is 1. The highest BCUT2D eigenvalue weighted by Gasteiger charge is 2.29. The summed E-state index contributed by atoms with van der Waals surface area (Å²) in [4.78, 5) is 10.1. The molecule has 0 unspecified atom stereocenters. The van der Waals surface area contributed by atoms with Crippen LogP contribution in [-0.4, -0.2) is 68.7 Å². The van der Waals surface area contributed by atoms with Gasteiger partial charge in [-0.1, -0.05) is 6.92 Å². The van der Waals surface area contributed by atoms with Crippen molar-refractivity contribution in [3.8, 4) is 22.9 Å². The largest absolute Gasteiger partial charge is 0.496 e. The molecule has 8 nitrogen and oxygen atoms in total. The number of ether oxygens (including phenoxy) is 3. The van der Waals surface area contributed by atoms with Crippen LogP contribution in [0.2, 0.25) is 0 Å². The van der Waals surface area contributed by atoms with E-state index in [0.717, 1.165) is 72.4 Å². The summed E-state index contributed by atoms with van der Waals surface area (Å²) in [6.07, 6.45) is 4.94. The zero-order valence-electron chi connectivity index (χ0n) is 18.9. The van der Waals surface area contributed by atoms with Gasteiger partial charge in [0.15, 0.2) is 0 Å². The van der Waals surface area contributed by atoms with E-state index in [1.165, 1.54) is 0 Å². The van der Waals surface area contributed by atoms with Gasteiger partial charge < -0.3 is 24.0 Å². The summed E-state index contributed by atoms with van der Waals surface area (Å²) in [6.45, 7) is 4.77. The second kappa shape index (κ2) is 9.32. The standard InChI is InChI=1S/C22H31N5O3S/c1-6-9-26(15-7-10-30-11-8-15)20-21(29-5)24-27-17(14-31-22(20)27)16-13-23-19(25(2)3)12-18(16)28-4/h12-15H,6-11H2,1-5H3. The topological polar surface area (TPSA) is 64.4 Å². The maximum atomic E-state index is 5.75. The normalized spacial score (nSPS) is 14.7. The molecule has 3 aromatic rings. The first-order chi connectivity index (χ1) is 15.1. The Morgan fingerprint density at radius 2 is 2.00 bits per heavy atom. The van der Waals surface area contributed by atoms with Crippen molar-refractivity contribution in [2.24, 2.45) is 0 Å². The van der Waals surface area contributed by atoms with Gasteiger partial charge in [0.05, 0.1) is 25.5 Å². The molecule has 1 aliphatic rings. The molecule has 0 aromatic carbocycles. The number of hydrogen-bond acceptors (Lipinski definition) is 8. The molecule has 0 bridgehead atoms. The lowest BCUT2D eigenvalue weighted by Gasteiger charge is -2.35. The summed E-state index contributed by atoms with van der Waals surface area (Å²) in [6, 6.07) is 2.38. The lowest BCUT2D eigenvalue weighted by Crippen LogP contribution is -2.40. The van der Waals surface area contributed by atoms with Gasteiger partial charge in [0.25, 0.3) is 5.88 Å². The lowest BCUT2D eigenvalue weighted by atomic mass is 10.1. The van der Waals surface area contributed by atoms with Crippen LogP contribution in [0.15, 0.2) is 17.6 Å². The van der Waals surface area contributed by atoms with Crippen LogP contribution in [0.5, 0.6) is 11.6 Å². The van der Waals surface area contributed by atoms with Crippen LogP contribution in [0, 0.1) is 0 Å². The Balaban J connectivity index is 1.82. The van der Waals surface area contributed by atoms with Crippen molar-refractivity contribution in [3.05, 3.63) is 17.6 Å². The minimum atomic E-state index is 0.428. The molecule has 0 spiro atoms. The number of nitrogens with zero attached hydrogens (tertiary/aromatic N) is 5. The van der Waals surface area contributed by atoms with E-state index >= 15 is 0 Å². The van der Waals surface area contributed by atoms with Crippen molar-refractivity contribution < 1.29 is 14.2 Å². The smallest absolute Gasteiger partial charge is 0.258 e. The molecule has 0 amide bonds. The van der Waals surface area contributed by atoms with Crippen molar-refractivity contribution in [1.82, 2.24) is 14.6 Å². The molecule has 4 rings (SSSR count). The Bertz CT molecular complexity index is 1030. The summed E-state index contributed by atoms with van der Waals surface area (Å²) in [5, 5.41) is 6.96. The maximum absolute atomic E-state index is 5.75. The predicted octanol–water partition coefficient (Wildman–Crippen LogP) is 3.94. The molecule has 9 heteroatoms. The van der Waals surface area contributed by atoms with Gasteiger partial charge in [-0.25, -0.2) is 9.50 Å². The molecule has 1 aliphatic heterocycles. The van der Waals surface area contributed by atoms with Gasteiger partial charge >= 0.3 is 0 Å². The van der Waals surface area contributed by atoms with Gasteiger partial charge in [0, 0.05) is 57.5 Å². The molecule has 0 atom stereocenters. The molecule has 1 fully saturated rings. The van der Waals surface area contributed by atoms with Gasteiger partial charge in [-0.05, 0) is 19.3 Å². The van der Waals surface area contributed by atoms with Crippen molar-refractivity contribution >= 4 is 27.7 Å². The molecule has 31 heavy (non-hydrogen) atoms. The summed E-state index contributed by atoms with van der Waals surface area (Å²) in [7, 11) is 7.31. The molecule has 0 aliphatic carbocycles. The second-order valence-electron chi connectivity index (χ2n) is 7.87. The zero-order valence-corrected chi connectivity index (χ0v) is 19.7. The van der Waals surface area contributed by atoms with E-state index in [1.807, 2.05) is 35.8 Å². The first kappa shape index (κ1) is 21.7. The summed E-state index contributed by atoms with van der Waals surface area (Å²) >= 11 is 1.67. The quantitative estimate of drug-likeness (QED) is 0.520. The number of aromatic nitrogens is 3. The highest BCUT2D eigenvalue weighted by atomic mass is 32.1. The van der Waals surface area contributed by atoms with Gasteiger partial charge in [0.1, 0.15) is 22.1 Å². The zero-order chi connectivity index (χ0) is 22.0. The fourth-order valence-corrected chi connectivity index (χ4v) is 5.12. The lowest BCUT2D eigenvalue weighted by molar-refractivity contribution is 0.0843. The van der Waals surface area contributed by atoms with Crippen molar-refractivity contribution in [3.63, 3.8) is 0 Å². The van der Waals surface area contributed by atoms with Crippen molar-refractivity contribution in [2.75, 3.05) is 57.9 Å². The minimum Gasteiger partial charge on any atom is -0.496 e. The van der Waals surface area contributed by atoms with Crippen molar-refractivity contribution in [1.29, 1.82) is 0 Å². The molecule has 0 radical (unpaired) electrons. The minimum absolute atomic E-state index is 0.428. The maximum Gasteiger partial charge on any atom is 0.258 e.